The van der Waals surface area contributed by atoms with Gasteiger partial charge in [-0.05, 0) is 30.7 Å². The zero-order chi connectivity index (χ0) is 18.7. The number of benzene rings is 1. The van der Waals surface area contributed by atoms with E-state index in [1.807, 2.05) is 0 Å². The normalized spacial score (nSPS) is 20.9. The SMILES string of the molecule is COC(=O)c1cc(C2(C)SC(=NCc3ccccc3F)NC2=O)ccn1. The fraction of sp³-hybridized carbons (Fsp3) is 0.222. The van der Waals surface area contributed by atoms with Crippen molar-refractivity contribution < 1.29 is 18.7 Å². The lowest BCUT2D eigenvalue weighted by atomic mass is 9.99. The first-order valence-electron chi connectivity index (χ1n) is 7.77. The summed E-state index contributed by atoms with van der Waals surface area (Å²) in [4.78, 5) is 32.4. The predicted molar refractivity (Wildman–Crippen MR) is 96.2 cm³/mol. The maximum Gasteiger partial charge on any atom is 0.356 e. The van der Waals surface area contributed by atoms with Gasteiger partial charge in [0.1, 0.15) is 16.3 Å². The summed E-state index contributed by atoms with van der Waals surface area (Å²) in [5.74, 6) is -1.19. The summed E-state index contributed by atoms with van der Waals surface area (Å²) in [5.41, 5.74) is 1.17. The first-order valence-corrected chi connectivity index (χ1v) is 8.59. The number of hydrogen-bond donors (Lipinski definition) is 1. The number of esters is 1. The van der Waals surface area contributed by atoms with Gasteiger partial charge in [-0.2, -0.15) is 0 Å². The van der Waals surface area contributed by atoms with Crippen molar-refractivity contribution in [3.05, 3.63) is 65.2 Å². The lowest BCUT2D eigenvalue weighted by molar-refractivity contribution is -0.121. The number of methoxy groups -OCH3 is 1. The Balaban J connectivity index is 1.83. The number of ether oxygens (including phenoxy) is 1. The van der Waals surface area contributed by atoms with E-state index in [1.54, 1.807) is 31.2 Å². The number of carbonyl (C=O) groups excluding carboxylic acids is 2. The van der Waals surface area contributed by atoms with Crippen molar-refractivity contribution in [2.75, 3.05) is 7.11 Å². The second-order valence-corrected chi connectivity index (χ2v) is 7.13. The van der Waals surface area contributed by atoms with Crippen LogP contribution in [-0.2, 0) is 20.8 Å². The van der Waals surface area contributed by atoms with Crippen molar-refractivity contribution in [1.82, 2.24) is 10.3 Å². The molecule has 6 nitrogen and oxygen atoms in total. The highest BCUT2D eigenvalue weighted by molar-refractivity contribution is 8.15. The fourth-order valence-electron chi connectivity index (χ4n) is 2.47. The third-order valence-electron chi connectivity index (χ3n) is 4.01. The Morgan fingerprint density at radius 3 is 2.88 bits per heavy atom. The Labute approximate surface area is 153 Å². The molecular formula is C18H16FN3O3S. The van der Waals surface area contributed by atoms with Crippen molar-refractivity contribution >= 4 is 28.8 Å². The van der Waals surface area contributed by atoms with E-state index >= 15 is 0 Å². The van der Waals surface area contributed by atoms with Gasteiger partial charge in [-0.1, -0.05) is 30.0 Å². The third-order valence-corrected chi connectivity index (χ3v) is 5.26. The number of thioether (sulfide) groups is 1. The average Bonchev–Trinajstić information content (AvgIpc) is 2.95. The molecule has 0 aliphatic carbocycles. The Morgan fingerprint density at radius 2 is 2.15 bits per heavy atom. The maximum atomic E-state index is 13.7. The van der Waals surface area contributed by atoms with Crippen LogP contribution in [0.2, 0.25) is 0 Å². The monoisotopic (exact) mass is 373 g/mol. The van der Waals surface area contributed by atoms with E-state index in [9.17, 15) is 14.0 Å². The van der Waals surface area contributed by atoms with Gasteiger partial charge >= 0.3 is 5.97 Å². The minimum atomic E-state index is -0.972. The molecule has 2 aromatic rings. The standard InChI is InChI=1S/C18H16FN3O3S/c1-18(12-7-8-20-14(9-12)15(23)25-2)16(24)22-17(26-18)21-10-11-5-3-4-6-13(11)19/h3-9H,10H2,1-2H3,(H,21,22,24). The zero-order valence-corrected chi connectivity index (χ0v) is 15.0. The molecule has 0 saturated carbocycles. The van der Waals surface area contributed by atoms with Crippen LogP contribution in [-0.4, -0.2) is 29.1 Å². The van der Waals surface area contributed by atoms with Crippen molar-refractivity contribution in [3.63, 3.8) is 0 Å². The molecule has 26 heavy (non-hydrogen) atoms. The number of amidine groups is 1. The molecule has 0 bridgehead atoms. The minimum Gasteiger partial charge on any atom is -0.464 e. The lowest BCUT2D eigenvalue weighted by Gasteiger charge is -2.19. The third kappa shape index (κ3) is 3.45. The molecule has 8 heteroatoms. The van der Waals surface area contributed by atoms with Crippen LogP contribution in [0.1, 0.15) is 28.5 Å². The van der Waals surface area contributed by atoms with Crippen LogP contribution >= 0.6 is 11.8 Å². The van der Waals surface area contributed by atoms with Crippen LogP contribution < -0.4 is 5.32 Å². The van der Waals surface area contributed by atoms with Crippen LogP contribution in [0.4, 0.5) is 4.39 Å². The second kappa shape index (κ2) is 7.25. The Hall–Kier alpha value is -2.74. The molecule has 1 unspecified atom stereocenters. The molecule has 1 aliphatic heterocycles. The molecule has 0 radical (unpaired) electrons. The van der Waals surface area contributed by atoms with Crippen molar-refractivity contribution in [2.24, 2.45) is 4.99 Å². The van der Waals surface area contributed by atoms with Crippen molar-refractivity contribution in [3.8, 4) is 0 Å². The van der Waals surface area contributed by atoms with E-state index in [0.717, 1.165) is 0 Å². The Kier molecular flexibility index (Phi) is 5.03. The summed E-state index contributed by atoms with van der Waals surface area (Å²) in [7, 11) is 1.27. The summed E-state index contributed by atoms with van der Waals surface area (Å²) >= 11 is 1.21. The van der Waals surface area contributed by atoms with Gasteiger partial charge in [0.05, 0.1) is 13.7 Å². The highest BCUT2D eigenvalue weighted by atomic mass is 32.2. The van der Waals surface area contributed by atoms with E-state index in [4.69, 9.17) is 0 Å². The molecule has 1 aliphatic rings. The Bertz CT molecular complexity index is 903. The number of aliphatic imine (C=N–C) groups is 1. The van der Waals surface area contributed by atoms with Gasteiger partial charge in [0.2, 0.25) is 5.91 Å². The van der Waals surface area contributed by atoms with Crippen LogP contribution in [0.3, 0.4) is 0 Å². The molecule has 1 aromatic carbocycles. The minimum absolute atomic E-state index is 0.120. The quantitative estimate of drug-likeness (QED) is 0.834. The van der Waals surface area contributed by atoms with Crippen molar-refractivity contribution in [2.45, 2.75) is 18.2 Å². The molecule has 3 rings (SSSR count). The molecule has 2 heterocycles. The fourth-order valence-corrected chi connectivity index (χ4v) is 3.52. The van der Waals surface area contributed by atoms with Crippen LogP contribution in [0.25, 0.3) is 0 Å². The van der Waals surface area contributed by atoms with E-state index < -0.39 is 10.7 Å². The van der Waals surface area contributed by atoms with Gasteiger partial charge in [0, 0.05) is 11.8 Å². The second-order valence-electron chi connectivity index (χ2n) is 5.72. The van der Waals surface area contributed by atoms with Gasteiger partial charge < -0.3 is 10.1 Å². The first-order chi connectivity index (χ1) is 12.4. The van der Waals surface area contributed by atoms with Crippen LogP contribution in [0.5, 0.6) is 0 Å². The maximum absolute atomic E-state index is 13.7. The number of amides is 1. The summed E-state index contributed by atoms with van der Waals surface area (Å²) < 4.78 is 17.4. The lowest BCUT2D eigenvalue weighted by Crippen LogP contribution is -2.32. The number of nitrogens with zero attached hydrogens (tertiary/aromatic N) is 2. The number of aromatic nitrogens is 1. The highest BCUT2D eigenvalue weighted by Gasteiger charge is 2.44. The molecule has 0 spiro atoms. The van der Waals surface area contributed by atoms with E-state index in [2.05, 4.69) is 20.0 Å². The Morgan fingerprint density at radius 1 is 1.38 bits per heavy atom. The summed E-state index contributed by atoms with van der Waals surface area (Å²) in [6, 6.07) is 9.54. The molecule has 1 fully saturated rings. The number of hydrogen-bond acceptors (Lipinski definition) is 6. The summed E-state index contributed by atoms with van der Waals surface area (Å²) in [5, 5.41) is 3.11. The number of pyridine rings is 1. The number of halogens is 1. The summed E-state index contributed by atoms with van der Waals surface area (Å²) in [6.07, 6.45) is 1.45. The van der Waals surface area contributed by atoms with Gasteiger partial charge in [0.25, 0.3) is 0 Å². The molecule has 1 N–H and O–H groups in total. The van der Waals surface area contributed by atoms with E-state index in [-0.39, 0.29) is 24.0 Å². The largest absolute Gasteiger partial charge is 0.464 e. The number of carbonyl (C=O) groups is 2. The average molecular weight is 373 g/mol. The van der Waals surface area contributed by atoms with Gasteiger partial charge in [-0.25, -0.2) is 14.2 Å². The molecule has 1 aromatic heterocycles. The van der Waals surface area contributed by atoms with Gasteiger partial charge in [-0.3, -0.25) is 9.79 Å². The van der Waals surface area contributed by atoms with E-state index in [0.29, 0.717) is 16.3 Å². The predicted octanol–water partition coefficient (Wildman–Crippen LogP) is 2.64. The van der Waals surface area contributed by atoms with Crippen molar-refractivity contribution in [1.29, 1.82) is 0 Å². The van der Waals surface area contributed by atoms with Crippen LogP contribution in [0, 0.1) is 5.82 Å². The number of rotatable bonds is 4. The smallest absolute Gasteiger partial charge is 0.356 e. The molecular weight excluding hydrogens is 357 g/mol. The first kappa shape index (κ1) is 18.1. The number of nitrogens with one attached hydrogen (secondary N) is 1. The highest BCUT2D eigenvalue weighted by Crippen LogP contribution is 2.41. The molecule has 1 amide bonds. The molecule has 1 atom stereocenters. The van der Waals surface area contributed by atoms with Gasteiger partial charge in [-0.15, -0.1) is 0 Å². The van der Waals surface area contributed by atoms with Gasteiger partial charge in [0.15, 0.2) is 5.17 Å². The topological polar surface area (TPSA) is 80.6 Å². The van der Waals surface area contributed by atoms with Crippen LogP contribution in [0.15, 0.2) is 47.6 Å². The molecule has 1 saturated heterocycles. The van der Waals surface area contributed by atoms with E-state index in [1.165, 1.54) is 37.2 Å². The zero-order valence-electron chi connectivity index (χ0n) is 14.2. The molecule has 134 valence electrons. The summed E-state index contributed by atoms with van der Waals surface area (Å²) in [6.45, 7) is 1.85.